The van der Waals surface area contributed by atoms with E-state index in [0.717, 1.165) is 6.54 Å². The first kappa shape index (κ1) is 9.92. The highest BCUT2D eigenvalue weighted by Gasteiger charge is 2.13. The molecule has 0 aromatic heterocycles. The molecule has 0 saturated heterocycles. The van der Waals surface area contributed by atoms with Gasteiger partial charge in [0.05, 0.1) is 0 Å². The van der Waals surface area contributed by atoms with Gasteiger partial charge in [-0.05, 0) is 18.9 Å². The monoisotopic (exact) mass is 144 g/mol. The van der Waals surface area contributed by atoms with Crippen LogP contribution in [0.2, 0.25) is 0 Å². The highest BCUT2D eigenvalue weighted by atomic mass is 15.3. The van der Waals surface area contributed by atoms with Crippen LogP contribution in [0, 0.1) is 5.41 Å². The Bertz CT molecular complexity index is 79.3. The van der Waals surface area contributed by atoms with Crippen molar-refractivity contribution in [2.24, 2.45) is 5.41 Å². The number of hydrogen-bond donors (Lipinski definition) is 2. The van der Waals surface area contributed by atoms with Crippen molar-refractivity contribution >= 4 is 0 Å². The summed E-state index contributed by atoms with van der Waals surface area (Å²) in [6.07, 6.45) is 2.47. The van der Waals surface area contributed by atoms with Gasteiger partial charge >= 0.3 is 0 Å². The average molecular weight is 144 g/mol. The van der Waals surface area contributed by atoms with Crippen LogP contribution in [0.25, 0.3) is 0 Å². The van der Waals surface area contributed by atoms with Crippen LogP contribution in [0.5, 0.6) is 0 Å². The lowest BCUT2D eigenvalue weighted by atomic mass is 9.87. The van der Waals surface area contributed by atoms with Gasteiger partial charge in [-0.3, -0.25) is 10.9 Å². The van der Waals surface area contributed by atoms with Gasteiger partial charge in [0, 0.05) is 6.54 Å². The third-order valence-electron chi connectivity index (χ3n) is 2.06. The second-order valence-electron chi connectivity index (χ2n) is 3.44. The van der Waals surface area contributed by atoms with E-state index in [1.54, 1.807) is 0 Å². The highest BCUT2D eigenvalue weighted by molar-refractivity contribution is 4.66. The minimum absolute atomic E-state index is 0.490. The Labute approximate surface area is 64.4 Å². The summed E-state index contributed by atoms with van der Waals surface area (Å²) in [6, 6.07) is 0. The molecule has 0 rings (SSSR count). The maximum absolute atomic E-state index is 3.09. The standard InChI is InChI=1S/C8H20N2/c1-5-8(2,3)6-7-10-9-4/h9-10H,5-7H2,1-4H3. The molecule has 0 aliphatic heterocycles. The molecule has 0 aliphatic rings. The summed E-state index contributed by atoms with van der Waals surface area (Å²) in [4.78, 5) is 0. The third-order valence-corrected chi connectivity index (χ3v) is 2.06. The normalized spacial score (nSPS) is 12.0. The molecule has 0 atom stereocenters. The summed E-state index contributed by atoms with van der Waals surface area (Å²) < 4.78 is 0. The fourth-order valence-corrected chi connectivity index (χ4v) is 0.703. The highest BCUT2D eigenvalue weighted by Crippen LogP contribution is 2.22. The van der Waals surface area contributed by atoms with E-state index < -0.39 is 0 Å². The van der Waals surface area contributed by atoms with E-state index in [2.05, 4.69) is 31.6 Å². The molecular formula is C8H20N2. The molecule has 2 heteroatoms. The zero-order chi connectivity index (χ0) is 8.04. The molecule has 0 aromatic carbocycles. The van der Waals surface area contributed by atoms with Gasteiger partial charge in [-0.1, -0.05) is 27.2 Å². The lowest BCUT2D eigenvalue weighted by Gasteiger charge is -2.22. The van der Waals surface area contributed by atoms with Gasteiger partial charge in [0.15, 0.2) is 0 Å². The number of nitrogens with one attached hydrogen (secondary N) is 2. The first-order chi connectivity index (χ1) is 4.62. The molecule has 0 bridgehead atoms. The molecule has 0 saturated carbocycles. The van der Waals surface area contributed by atoms with Crippen molar-refractivity contribution in [1.29, 1.82) is 0 Å². The topological polar surface area (TPSA) is 24.1 Å². The predicted octanol–water partition coefficient (Wildman–Crippen LogP) is 1.54. The van der Waals surface area contributed by atoms with Crippen molar-refractivity contribution < 1.29 is 0 Å². The number of rotatable bonds is 5. The molecule has 0 aliphatic carbocycles. The minimum atomic E-state index is 0.490. The SMILES string of the molecule is CCC(C)(C)CCNNC. The molecule has 0 amide bonds. The fraction of sp³-hybridized carbons (Fsp3) is 1.00. The summed E-state index contributed by atoms with van der Waals surface area (Å²) in [6.45, 7) is 7.88. The summed E-state index contributed by atoms with van der Waals surface area (Å²) in [5.74, 6) is 0. The maximum Gasteiger partial charge on any atom is 0.0105 e. The largest absolute Gasteiger partial charge is 0.261 e. The van der Waals surface area contributed by atoms with Gasteiger partial charge in [-0.25, -0.2) is 0 Å². The number of hydrazine groups is 1. The smallest absolute Gasteiger partial charge is 0.0105 e. The predicted molar refractivity (Wildman–Crippen MR) is 45.8 cm³/mol. The summed E-state index contributed by atoms with van der Waals surface area (Å²) in [7, 11) is 1.90. The van der Waals surface area contributed by atoms with Crippen LogP contribution in [-0.2, 0) is 0 Å². The Morgan fingerprint density at radius 3 is 2.30 bits per heavy atom. The molecule has 62 valence electrons. The molecule has 10 heavy (non-hydrogen) atoms. The van der Waals surface area contributed by atoms with Crippen LogP contribution >= 0.6 is 0 Å². The summed E-state index contributed by atoms with van der Waals surface area (Å²) in [5, 5.41) is 0. The van der Waals surface area contributed by atoms with E-state index in [-0.39, 0.29) is 0 Å². The Hall–Kier alpha value is -0.0800. The van der Waals surface area contributed by atoms with E-state index in [1.165, 1.54) is 12.8 Å². The lowest BCUT2D eigenvalue weighted by Crippen LogP contribution is -2.31. The fourth-order valence-electron chi connectivity index (χ4n) is 0.703. The second-order valence-corrected chi connectivity index (χ2v) is 3.44. The summed E-state index contributed by atoms with van der Waals surface area (Å²) >= 11 is 0. The van der Waals surface area contributed by atoms with Crippen molar-refractivity contribution in [3.8, 4) is 0 Å². The van der Waals surface area contributed by atoms with E-state index in [9.17, 15) is 0 Å². The quantitative estimate of drug-likeness (QED) is 0.452. The molecule has 0 unspecified atom stereocenters. The van der Waals surface area contributed by atoms with Crippen molar-refractivity contribution in [2.75, 3.05) is 13.6 Å². The Balaban J connectivity index is 3.28. The van der Waals surface area contributed by atoms with Crippen LogP contribution in [0.4, 0.5) is 0 Å². The molecule has 0 aromatic rings. The van der Waals surface area contributed by atoms with E-state index in [4.69, 9.17) is 0 Å². The first-order valence-electron chi connectivity index (χ1n) is 4.02. The maximum atomic E-state index is 3.09. The molecular weight excluding hydrogens is 124 g/mol. The van der Waals surface area contributed by atoms with Gasteiger partial charge in [-0.15, -0.1) is 0 Å². The third kappa shape index (κ3) is 4.77. The van der Waals surface area contributed by atoms with Crippen LogP contribution in [0.3, 0.4) is 0 Å². The average Bonchev–Trinajstić information content (AvgIpc) is 1.89. The zero-order valence-electron chi connectivity index (χ0n) is 7.62. The Morgan fingerprint density at radius 1 is 1.30 bits per heavy atom. The molecule has 2 nitrogen and oxygen atoms in total. The van der Waals surface area contributed by atoms with Gasteiger partial charge in [-0.2, -0.15) is 0 Å². The van der Waals surface area contributed by atoms with Gasteiger partial charge in [0.2, 0.25) is 0 Å². The molecule has 2 N–H and O–H groups in total. The van der Waals surface area contributed by atoms with Crippen LogP contribution in [-0.4, -0.2) is 13.6 Å². The van der Waals surface area contributed by atoms with Crippen molar-refractivity contribution in [3.05, 3.63) is 0 Å². The van der Waals surface area contributed by atoms with Crippen molar-refractivity contribution in [1.82, 2.24) is 10.9 Å². The summed E-state index contributed by atoms with van der Waals surface area (Å²) in [5.41, 5.74) is 6.49. The van der Waals surface area contributed by atoms with Gasteiger partial charge < -0.3 is 0 Å². The molecule has 0 heterocycles. The van der Waals surface area contributed by atoms with Crippen molar-refractivity contribution in [3.63, 3.8) is 0 Å². The van der Waals surface area contributed by atoms with Gasteiger partial charge in [0.25, 0.3) is 0 Å². The van der Waals surface area contributed by atoms with Gasteiger partial charge in [0.1, 0.15) is 0 Å². The van der Waals surface area contributed by atoms with Crippen LogP contribution in [0.1, 0.15) is 33.6 Å². The second kappa shape index (κ2) is 4.69. The molecule has 0 radical (unpaired) electrons. The molecule has 0 spiro atoms. The first-order valence-corrected chi connectivity index (χ1v) is 4.02. The zero-order valence-corrected chi connectivity index (χ0v) is 7.62. The van der Waals surface area contributed by atoms with E-state index >= 15 is 0 Å². The van der Waals surface area contributed by atoms with Crippen LogP contribution < -0.4 is 10.9 Å². The Morgan fingerprint density at radius 2 is 1.90 bits per heavy atom. The number of hydrogen-bond acceptors (Lipinski definition) is 2. The molecule has 0 fully saturated rings. The van der Waals surface area contributed by atoms with Crippen molar-refractivity contribution in [2.45, 2.75) is 33.6 Å². The van der Waals surface area contributed by atoms with Crippen LogP contribution in [0.15, 0.2) is 0 Å². The lowest BCUT2D eigenvalue weighted by molar-refractivity contribution is 0.310. The Kier molecular flexibility index (Phi) is 4.65. The van der Waals surface area contributed by atoms with E-state index in [1.807, 2.05) is 7.05 Å². The minimum Gasteiger partial charge on any atom is -0.261 e. The van der Waals surface area contributed by atoms with E-state index in [0.29, 0.717) is 5.41 Å².